The fourth-order valence-corrected chi connectivity index (χ4v) is 3.71. The van der Waals surface area contributed by atoms with Crippen LogP contribution in [0.5, 0.6) is 0 Å². The number of halogens is 1. The lowest BCUT2D eigenvalue weighted by Gasteiger charge is -2.20. The minimum atomic E-state index is 0. The van der Waals surface area contributed by atoms with Crippen molar-refractivity contribution in [3.05, 3.63) is 16.1 Å². The van der Waals surface area contributed by atoms with Crippen LogP contribution in [0.1, 0.15) is 50.7 Å². The molecular formula is C18H32IN5OS. The Morgan fingerprint density at radius 3 is 2.73 bits per heavy atom. The van der Waals surface area contributed by atoms with Gasteiger partial charge in [0.1, 0.15) is 0 Å². The van der Waals surface area contributed by atoms with Crippen LogP contribution in [-0.2, 0) is 11.2 Å². The van der Waals surface area contributed by atoms with Gasteiger partial charge in [-0.2, -0.15) is 0 Å². The van der Waals surface area contributed by atoms with E-state index in [0.717, 1.165) is 44.1 Å². The summed E-state index contributed by atoms with van der Waals surface area (Å²) < 4.78 is 0. The van der Waals surface area contributed by atoms with Gasteiger partial charge in [0, 0.05) is 56.4 Å². The molecule has 0 saturated carbocycles. The topological polar surface area (TPSA) is 69.6 Å². The van der Waals surface area contributed by atoms with Gasteiger partial charge in [-0.25, -0.2) is 4.98 Å². The standard InChI is InChI=1S/C18H31N5OS.HI/c1-12(2)16-21-15(11-25-16)6-8-20-18(19-5)22-14-7-9-23(10-14)17(24)13(3)4;/h11-14H,6-10H2,1-5H3,(H2,19,20,22);1H. The van der Waals surface area contributed by atoms with Crippen molar-refractivity contribution in [1.82, 2.24) is 20.5 Å². The number of amides is 1. The highest BCUT2D eigenvalue weighted by Crippen LogP contribution is 2.19. The molecule has 1 fully saturated rings. The molecule has 1 aliphatic rings. The van der Waals surface area contributed by atoms with Gasteiger partial charge in [0.2, 0.25) is 5.91 Å². The predicted octanol–water partition coefficient (Wildman–Crippen LogP) is 2.85. The van der Waals surface area contributed by atoms with Crippen LogP contribution in [0.25, 0.3) is 0 Å². The van der Waals surface area contributed by atoms with Crippen molar-refractivity contribution in [2.24, 2.45) is 10.9 Å². The zero-order chi connectivity index (χ0) is 18.4. The molecule has 0 aliphatic carbocycles. The monoisotopic (exact) mass is 493 g/mol. The fourth-order valence-electron chi connectivity index (χ4n) is 2.84. The molecule has 0 spiro atoms. The van der Waals surface area contributed by atoms with Crippen molar-refractivity contribution in [2.75, 3.05) is 26.7 Å². The Labute approximate surface area is 178 Å². The molecule has 2 heterocycles. The van der Waals surface area contributed by atoms with Gasteiger partial charge in [0.25, 0.3) is 0 Å². The molecule has 0 bridgehead atoms. The summed E-state index contributed by atoms with van der Waals surface area (Å²) in [5, 5.41) is 10.1. The molecule has 26 heavy (non-hydrogen) atoms. The molecule has 2 N–H and O–H groups in total. The summed E-state index contributed by atoms with van der Waals surface area (Å²) in [7, 11) is 1.78. The molecule has 6 nitrogen and oxygen atoms in total. The lowest BCUT2D eigenvalue weighted by molar-refractivity contribution is -0.133. The number of thiazole rings is 1. The quantitative estimate of drug-likeness (QED) is 0.364. The second kappa shape index (κ2) is 11.1. The Hall–Kier alpha value is -0.900. The second-order valence-electron chi connectivity index (χ2n) is 7.15. The van der Waals surface area contributed by atoms with Crippen LogP contribution in [0, 0.1) is 5.92 Å². The van der Waals surface area contributed by atoms with E-state index in [0.29, 0.717) is 5.92 Å². The summed E-state index contributed by atoms with van der Waals surface area (Å²) in [5.74, 6) is 1.57. The number of guanidine groups is 1. The Morgan fingerprint density at radius 2 is 2.15 bits per heavy atom. The third-order valence-corrected chi connectivity index (χ3v) is 5.49. The van der Waals surface area contributed by atoms with E-state index in [9.17, 15) is 4.79 Å². The maximum Gasteiger partial charge on any atom is 0.225 e. The number of hydrogen-bond acceptors (Lipinski definition) is 4. The average molecular weight is 493 g/mol. The Bertz CT molecular complexity index is 602. The summed E-state index contributed by atoms with van der Waals surface area (Å²) in [6, 6.07) is 0.265. The molecule has 2 rings (SSSR count). The van der Waals surface area contributed by atoms with Crippen LogP contribution in [-0.4, -0.2) is 54.5 Å². The molecule has 1 aromatic rings. The molecule has 8 heteroatoms. The number of carbonyl (C=O) groups is 1. The Balaban J connectivity index is 0.00000338. The molecule has 148 valence electrons. The molecule has 1 unspecified atom stereocenters. The van der Waals surface area contributed by atoms with Crippen molar-refractivity contribution < 1.29 is 4.79 Å². The summed E-state index contributed by atoms with van der Waals surface area (Å²) >= 11 is 1.73. The molecule has 1 aromatic heterocycles. The highest BCUT2D eigenvalue weighted by molar-refractivity contribution is 14.0. The SMILES string of the molecule is CN=C(NCCc1csc(C(C)C)n1)NC1CCN(C(=O)C(C)C)C1.I. The van der Waals surface area contributed by atoms with Gasteiger partial charge in [0.15, 0.2) is 5.96 Å². The van der Waals surface area contributed by atoms with Crippen molar-refractivity contribution in [3.8, 4) is 0 Å². The predicted molar refractivity (Wildman–Crippen MR) is 120 cm³/mol. The maximum atomic E-state index is 12.1. The van der Waals surface area contributed by atoms with E-state index in [-0.39, 0.29) is 41.8 Å². The third-order valence-electron chi connectivity index (χ3n) is 4.30. The number of aliphatic imine (C=N–C) groups is 1. The molecular weight excluding hydrogens is 461 g/mol. The first-order valence-corrected chi connectivity index (χ1v) is 9.99. The van der Waals surface area contributed by atoms with Crippen LogP contribution in [0.15, 0.2) is 10.4 Å². The highest BCUT2D eigenvalue weighted by atomic mass is 127. The summed E-state index contributed by atoms with van der Waals surface area (Å²) in [6.07, 6.45) is 1.84. The molecule has 1 aliphatic heterocycles. The lowest BCUT2D eigenvalue weighted by Crippen LogP contribution is -2.45. The molecule has 1 atom stereocenters. The van der Waals surface area contributed by atoms with E-state index in [1.54, 1.807) is 18.4 Å². The minimum Gasteiger partial charge on any atom is -0.356 e. The largest absolute Gasteiger partial charge is 0.356 e. The van der Waals surface area contributed by atoms with Crippen molar-refractivity contribution >= 4 is 47.2 Å². The number of carbonyl (C=O) groups excluding carboxylic acids is 1. The van der Waals surface area contributed by atoms with E-state index < -0.39 is 0 Å². The highest BCUT2D eigenvalue weighted by Gasteiger charge is 2.27. The number of likely N-dealkylation sites (tertiary alicyclic amines) is 1. The van der Waals surface area contributed by atoms with Gasteiger partial charge < -0.3 is 15.5 Å². The maximum absolute atomic E-state index is 12.1. The number of hydrogen-bond donors (Lipinski definition) is 2. The van der Waals surface area contributed by atoms with Crippen molar-refractivity contribution in [1.29, 1.82) is 0 Å². The second-order valence-corrected chi connectivity index (χ2v) is 8.04. The van der Waals surface area contributed by atoms with Crippen LogP contribution < -0.4 is 10.6 Å². The first kappa shape index (κ1) is 23.1. The fraction of sp³-hybridized carbons (Fsp3) is 0.722. The molecule has 1 saturated heterocycles. The van der Waals surface area contributed by atoms with Crippen LogP contribution in [0.4, 0.5) is 0 Å². The average Bonchev–Trinajstić information content (AvgIpc) is 3.22. The minimum absolute atomic E-state index is 0. The number of nitrogens with one attached hydrogen (secondary N) is 2. The number of aromatic nitrogens is 1. The van der Waals surface area contributed by atoms with E-state index in [4.69, 9.17) is 0 Å². The lowest BCUT2D eigenvalue weighted by atomic mass is 10.2. The first-order valence-electron chi connectivity index (χ1n) is 9.11. The Kier molecular flexibility index (Phi) is 9.84. The van der Waals surface area contributed by atoms with Gasteiger partial charge in [-0.15, -0.1) is 35.3 Å². The first-order chi connectivity index (χ1) is 11.9. The van der Waals surface area contributed by atoms with Crippen LogP contribution in [0.3, 0.4) is 0 Å². The van der Waals surface area contributed by atoms with Gasteiger partial charge in [-0.05, 0) is 6.42 Å². The van der Waals surface area contributed by atoms with E-state index >= 15 is 0 Å². The van der Waals surface area contributed by atoms with Gasteiger partial charge in [0.05, 0.1) is 10.7 Å². The summed E-state index contributed by atoms with van der Waals surface area (Å²) in [6.45, 7) is 10.6. The molecule has 1 amide bonds. The van der Waals surface area contributed by atoms with E-state index in [1.165, 1.54) is 5.01 Å². The van der Waals surface area contributed by atoms with Crippen LogP contribution >= 0.6 is 35.3 Å². The number of rotatable bonds is 6. The smallest absolute Gasteiger partial charge is 0.225 e. The van der Waals surface area contributed by atoms with Crippen LogP contribution in [0.2, 0.25) is 0 Å². The van der Waals surface area contributed by atoms with Gasteiger partial charge in [-0.1, -0.05) is 27.7 Å². The van der Waals surface area contributed by atoms with Crippen molar-refractivity contribution in [2.45, 2.75) is 52.5 Å². The normalized spacial score (nSPS) is 17.6. The van der Waals surface area contributed by atoms with Crippen molar-refractivity contribution in [3.63, 3.8) is 0 Å². The van der Waals surface area contributed by atoms with Gasteiger partial charge in [-0.3, -0.25) is 9.79 Å². The van der Waals surface area contributed by atoms with Gasteiger partial charge >= 0.3 is 0 Å². The van der Waals surface area contributed by atoms with E-state index in [2.05, 4.69) is 39.8 Å². The number of nitrogens with zero attached hydrogens (tertiary/aromatic N) is 3. The summed E-state index contributed by atoms with van der Waals surface area (Å²) in [4.78, 5) is 23.0. The molecule has 0 radical (unpaired) electrons. The zero-order valence-electron chi connectivity index (χ0n) is 16.4. The van der Waals surface area contributed by atoms with E-state index in [1.807, 2.05) is 18.7 Å². The summed E-state index contributed by atoms with van der Waals surface area (Å²) in [5.41, 5.74) is 1.13. The zero-order valence-corrected chi connectivity index (χ0v) is 19.6. The Morgan fingerprint density at radius 1 is 1.42 bits per heavy atom. The third kappa shape index (κ3) is 6.68. The molecule has 0 aromatic carbocycles.